The molecule has 1 fully saturated rings. The van der Waals surface area contributed by atoms with E-state index in [1.54, 1.807) is 12.4 Å². The Hall–Kier alpha value is -1.24. The third kappa shape index (κ3) is 3.62. The molecule has 1 aliphatic heterocycles. The third-order valence-corrected chi connectivity index (χ3v) is 3.44. The predicted molar refractivity (Wildman–Crippen MR) is 73.0 cm³/mol. The lowest BCUT2D eigenvalue weighted by Gasteiger charge is -2.19. The molecule has 0 amide bonds. The van der Waals surface area contributed by atoms with Gasteiger partial charge in [-0.1, -0.05) is 0 Å². The number of aliphatic hydroxyl groups is 2. The van der Waals surface area contributed by atoms with Gasteiger partial charge in [0, 0.05) is 31.0 Å². The zero-order valence-corrected chi connectivity index (χ0v) is 11.3. The Kier molecular flexibility index (Phi) is 5.07. The summed E-state index contributed by atoms with van der Waals surface area (Å²) >= 11 is 0. The van der Waals surface area contributed by atoms with Crippen LogP contribution in [-0.2, 0) is 0 Å². The number of anilines is 1. The van der Waals surface area contributed by atoms with Crippen molar-refractivity contribution in [3.63, 3.8) is 0 Å². The highest BCUT2D eigenvalue weighted by atomic mass is 16.3. The van der Waals surface area contributed by atoms with Crippen molar-refractivity contribution in [2.45, 2.75) is 31.5 Å². The van der Waals surface area contributed by atoms with Gasteiger partial charge in [-0.2, -0.15) is 0 Å². The maximum Gasteiger partial charge on any atom is 0.225 e. The van der Waals surface area contributed by atoms with Gasteiger partial charge in [0.15, 0.2) is 0 Å². The van der Waals surface area contributed by atoms with E-state index >= 15 is 0 Å². The van der Waals surface area contributed by atoms with Gasteiger partial charge in [-0.25, -0.2) is 9.97 Å². The van der Waals surface area contributed by atoms with E-state index in [0.29, 0.717) is 24.5 Å². The largest absolute Gasteiger partial charge is 0.390 e. The molecule has 0 radical (unpaired) electrons. The summed E-state index contributed by atoms with van der Waals surface area (Å²) in [4.78, 5) is 10.7. The Morgan fingerprint density at radius 1 is 1.26 bits per heavy atom. The molecule has 3 N–H and O–H groups in total. The van der Waals surface area contributed by atoms with Gasteiger partial charge in [0.1, 0.15) is 6.10 Å². The second-order valence-corrected chi connectivity index (χ2v) is 4.91. The van der Waals surface area contributed by atoms with Gasteiger partial charge in [0.2, 0.25) is 5.95 Å². The third-order valence-electron chi connectivity index (χ3n) is 3.44. The van der Waals surface area contributed by atoms with Crippen LogP contribution >= 0.6 is 0 Å². The number of nitrogens with one attached hydrogen (secondary N) is 1. The smallest absolute Gasteiger partial charge is 0.225 e. The Morgan fingerprint density at radius 2 is 1.89 bits per heavy atom. The first kappa shape index (κ1) is 14.2. The Balaban J connectivity index is 1.96. The van der Waals surface area contributed by atoms with Gasteiger partial charge >= 0.3 is 0 Å². The molecule has 0 saturated carbocycles. The highest BCUT2D eigenvalue weighted by molar-refractivity contribution is 5.31. The Labute approximate surface area is 113 Å². The number of hydrogen-bond donors (Lipinski definition) is 3. The van der Waals surface area contributed by atoms with Gasteiger partial charge in [-0.15, -0.1) is 0 Å². The van der Waals surface area contributed by atoms with Crippen LogP contribution in [0.15, 0.2) is 12.4 Å². The van der Waals surface area contributed by atoms with E-state index in [2.05, 4.69) is 20.2 Å². The molecule has 0 spiro atoms. The second-order valence-electron chi connectivity index (χ2n) is 4.91. The van der Waals surface area contributed by atoms with E-state index in [1.807, 2.05) is 7.05 Å². The topological polar surface area (TPSA) is 81.5 Å². The van der Waals surface area contributed by atoms with Gasteiger partial charge < -0.3 is 20.4 Å². The van der Waals surface area contributed by atoms with Crippen molar-refractivity contribution >= 4 is 5.95 Å². The summed E-state index contributed by atoms with van der Waals surface area (Å²) in [5.41, 5.74) is 0.562. The van der Waals surface area contributed by atoms with Gasteiger partial charge in [0.05, 0.1) is 6.10 Å². The molecule has 2 heterocycles. The summed E-state index contributed by atoms with van der Waals surface area (Å²) in [7, 11) is 1.81. The molecule has 6 nitrogen and oxygen atoms in total. The molecule has 6 heteroatoms. The fourth-order valence-electron chi connectivity index (χ4n) is 2.24. The number of aromatic nitrogens is 2. The van der Waals surface area contributed by atoms with Crippen LogP contribution in [0.1, 0.15) is 30.9 Å². The van der Waals surface area contributed by atoms with E-state index < -0.39 is 12.2 Å². The molecule has 0 aliphatic carbocycles. The lowest BCUT2D eigenvalue weighted by molar-refractivity contribution is 0.0136. The van der Waals surface area contributed by atoms with E-state index in [9.17, 15) is 10.2 Å². The fourth-order valence-corrected chi connectivity index (χ4v) is 2.24. The second kappa shape index (κ2) is 6.79. The van der Waals surface area contributed by atoms with Crippen LogP contribution in [0.4, 0.5) is 5.95 Å². The van der Waals surface area contributed by atoms with E-state index in [1.165, 1.54) is 12.8 Å². The zero-order chi connectivity index (χ0) is 13.7. The highest BCUT2D eigenvalue weighted by Gasteiger charge is 2.20. The first-order valence-corrected chi connectivity index (χ1v) is 6.80. The van der Waals surface area contributed by atoms with Gasteiger partial charge in [0.25, 0.3) is 0 Å². The number of nitrogens with zero attached hydrogens (tertiary/aromatic N) is 3. The standard InChI is InChI=1S/C13H22N4O2/c1-14-5-4-11(18)12(19)10-8-15-13(16-9-10)17-6-2-3-7-17/h8-9,11-12,14,18-19H,2-7H2,1H3. The SMILES string of the molecule is CNCCC(O)C(O)c1cnc(N2CCCC2)nc1. The average Bonchev–Trinajstić information content (AvgIpc) is 2.98. The van der Waals surface area contributed by atoms with Crippen LogP contribution in [0, 0.1) is 0 Å². The van der Waals surface area contributed by atoms with Crippen molar-refractivity contribution in [2.24, 2.45) is 0 Å². The van der Waals surface area contributed by atoms with Crippen LogP contribution in [0.2, 0.25) is 0 Å². The minimum atomic E-state index is -0.930. The molecule has 1 saturated heterocycles. The molecule has 19 heavy (non-hydrogen) atoms. The first-order valence-electron chi connectivity index (χ1n) is 6.80. The molecule has 106 valence electrons. The quantitative estimate of drug-likeness (QED) is 0.676. The van der Waals surface area contributed by atoms with Crippen LogP contribution in [-0.4, -0.2) is 53.0 Å². The van der Waals surface area contributed by atoms with Gasteiger partial charge in [-0.3, -0.25) is 0 Å². The minimum absolute atomic E-state index is 0.492. The summed E-state index contributed by atoms with van der Waals surface area (Å²) in [6.07, 6.45) is 4.33. The summed E-state index contributed by atoms with van der Waals surface area (Å²) in [5, 5.41) is 22.8. The minimum Gasteiger partial charge on any atom is -0.390 e. The molecule has 1 aromatic rings. The summed E-state index contributed by atoms with van der Waals surface area (Å²) in [6.45, 7) is 2.64. The predicted octanol–water partition coefficient (Wildman–Crippen LogP) is 0.0806. The van der Waals surface area contributed by atoms with Gasteiger partial charge in [-0.05, 0) is 32.9 Å². The number of aliphatic hydroxyl groups excluding tert-OH is 2. The van der Waals surface area contributed by atoms with Crippen LogP contribution in [0.5, 0.6) is 0 Å². The van der Waals surface area contributed by atoms with E-state index in [4.69, 9.17) is 0 Å². The normalized spacial score (nSPS) is 18.6. The van der Waals surface area contributed by atoms with Crippen molar-refractivity contribution in [3.8, 4) is 0 Å². The molecule has 1 aromatic heterocycles. The number of hydrogen-bond acceptors (Lipinski definition) is 6. The summed E-state index contributed by atoms with van der Waals surface area (Å²) in [5.74, 6) is 0.707. The molecule has 0 aromatic carbocycles. The van der Waals surface area contributed by atoms with Crippen LogP contribution < -0.4 is 10.2 Å². The Morgan fingerprint density at radius 3 is 2.47 bits per heavy atom. The van der Waals surface area contributed by atoms with Crippen molar-refractivity contribution < 1.29 is 10.2 Å². The van der Waals surface area contributed by atoms with E-state index in [0.717, 1.165) is 13.1 Å². The molecule has 2 unspecified atom stereocenters. The molecule has 2 rings (SSSR count). The van der Waals surface area contributed by atoms with Crippen molar-refractivity contribution in [3.05, 3.63) is 18.0 Å². The van der Waals surface area contributed by atoms with E-state index in [-0.39, 0.29) is 0 Å². The molecule has 1 aliphatic rings. The Bertz CT molecular complexity index is 379. The highest BCUT2D eigenvalue weighted by Crippen LogP contribution is 2.20. The molecular formula is C13H22N4O2. The molecular weight excluding hydrogens is 244 g/mol. The van der Waals surface area contributed by atoms with Crippen LogP contribution in [0.25, 0.3) is 0 Å². The lowest BCUT2D eigenvalue weighted by atomic mass is 10.1. The average molecular weight is 266 g/mol. The molecule has 2 atom stereocenters. The maximum atomic E-state index is 10.0. The summed E-state index contributed by atoms with van der Waals surface area (Å²) in [6, 6.07) is 0. The maximum absolute atomic E-state index is 10.0. The zero-order valence-electron chi connectivity index (χ0n) is 11.3. The summed E-state index contributed by atoms with van der Waals surface area (Å²) < 4.78 is 0. The van der Waals surface area contributed by atoms with Crippen molar-refractivity contribution in [1.29, 1.82) is 0 Å². The van der Waals surface area contributed by atoms with Crippen molar-refractivity contribution in [1.82, 2.24) is 15.3 Å². The van der Waals surface area contributed by atoms with Crippen LogP contribution in [0.3, 0.4) is 0 Å². The lowest BCUT2D eigenvalue weighted by Crippen LogP contribution is -2.24. The number of rotatable bonds is 6. The first-order chi connectivity index (χ1) is 9.22. The van der Waals surface area contributed by atoms with Crippen molar-refractivity contribution in [2.75, 3.05) is 31.6 Å². The monoisotopic (exact) mass is 266 g/mol. The fraction of sp³-hybridized carbons (Fsp3) is 0.692. The molecule has 0 bridgehead atoms.